The summed E-state index contributed by atoms with van der Waals surface area (Å²) in [5.41, 5.74) is 11.4. The minimum absolute atomic E-state index is 0. The Morgan fingerprint density at radius 1 is 0.529 bits per heavy atom. The van der Waals surface area contributed by atoms with Crippen LogP contribution in [0.25, 0.3) is 27.6 Å². The van der Waals surface area contributed by atoms with Gasteiger partial charge in [-0.1, -0.05) is 192 Å². The largest absolute Gasteiger partial charge is 0.509 e. The van der Waals surface area contributed by atoms with Crippen LogP contribution in [-0.4, -0.2) is 9.55 Å². The molecule has 68 heavy (non-hydrogen) atoms. The van der Waals surface area contributed by atoms with Gasteiger partial charge in [-0.2, -0.15) is 0 Å². The summed E-state index contributed by atoms with van der Waals surface area (Å²) in [4.78, 5) is 9.63. The van der Waals surface area contributed by atoms with Gasteiger partial charge in [-0.05, 0) is 80.4 Å². The Labute approximate surface area is 420 Å². The van der Waals surface area contributed by atoms with Crippen LogP contribution in [0.15, 0.2) is 158 Å². The Kier molecular flexibility index (Phi) is 12.8. The first-order valence-electron chi connectivity index (χ1n) is 23.7. The number of nitrogens with zero attached hydrogens (tertiary/aromatic N) is 4. The second kappa shape index (κ2) is 17.9. The van der Waals surface area contributed by atoms with Crippen molar-refractivity contribution in [2.24, 2.45) is 5.41 Å². The van der Waals surface area contributed by atoms with E-state index in [0.717, 1.165) is 55.8 Å². The van der Waals surface area contributed by atoms with Crippen molar-refractivity contribution >= 4 is 33.2 Å². The molecule has 1 aliphatic heterocycles. The summed E-state index contributed by atoms with van der Waals surface area (Å²) < 4.78 is 9.46. The Hall–Kier alpha value is -5.90. The van der Waals surface area contributed by atoms with E-state index in [1.807, 2.05) is 6.20 Å². The molecule has 352 valence electrons. The molecule has 0 spiro atoms. The Balaban J connectivity index is 0.00000625. The number of aromatic nitrogens is 2. The Bertz CT molecular complexity index is 3140. The van der Waals surface area contributed by atoms with Crippen LogP contribution in [0.2, 0.25) is 0 Å². The molecule has 1 aliphatic rings. The maximum Gasteiger partial charge on any atom is 0.135 e. The number of hydrogen-bond donors (Lipinski definition) is 0. The smallest absolute Gasteiger partial charge is 0.135 e. The van der Waals surface area contributed by atoms with Gasteiger partial charge in [-0.15, -0.1) is 53.8 Å². The molecular weight excluding hydrogens is 1010 g/mol. The van der Waals surface area contributed by atoms with Crippen molar-refractivity contribution in [3.05, 3.63) is 210 Å². The number of anilines is 2. The first-order valence-corrected chi connectivity index (χ1v) is 23.7. The molecule has 0 unspecified atom stereocenters. The van der Waals surface area contributed by atoms with Gasteiger partial charge < -0.3 is 19.1 Å². The normalized spacial score (nSPS) is 13.8. The topological polar surface area (TPSA) is 33.5 Å². The molecule has 2 aromatic heterocycles. The molecule has 0 radical (unpaired) electrons. The molecule has 6 heteroatoms. The van der Waals surface area contributed by atoms with Gasteiger partial charge in [0.25, 0.3) is 0 Å². The van der Waals surface area contributed by atoms with Gasteiger partial charge in [-0.25, -0.2) is 4.98 Å². The van der Waals surface area contributed by atoms with Crippen molar-refractivity contribution < 1.29 is 25.8 Å². The Morgan fingerprint density at radius 3 is 1.78 bits per heavy atom. The van der Waals surface area contributed by atoms with E-state index >= 15 is 0 Å². The SMILES string of the molecule is CC(C)(C)C1=CN(c2cccc(C(C)(C)C)c2)[CH-]N1c1[c-]c(Oc2[c-]c3c(c(C(C)(C)c4ccccc4)c2)c2ccccc2n3-c2cc(C(C)(C)c3ccccc3)ccn2)cc(C(C)(C)C)c1.[Pt]. The van der Waals surface area contributed by atoms with Crippen molar-refractivity contribution in [1.29, 1.82) is 0 Å². The molecule has 8 aromatic rings. The molecule has 0 N–H and O–H groups in total. The van der Waals surface area contributed by atoms with E-state index in [0.29, 0.717) is 11.5 Å². The third kappa shape index (κ3) is 9.19. The number of rotatable bonds is 9. The van der Waals surface area contributed by atoms with Crippen LogP contribution in [0.3, 0.4) is 0 Å². The maximum absolute atomic E-state index is 7.18. The fourth-order valence-corrected chi connectivity index (χ4v) is 9.43. The standard InChI is InChI=1S/C62H65N4O.Pt/c1-58(2,3)44-27-22-28-47(33-44)64-40-55(60(7,8)9)65(41-64)48-34-46(59(4,5)6)35-49(37-48)67-50-38-52(62(12,13)43-25-18-15-19-26-43)57-51-29-20-21-30-53(51)66(54(57)39-50)56-36-45(31-32-63-56)61(10,11)42-23-16-14-17-24-42;/h14-36,38,40-41H,1-13H3;/q-3;. The van der Waals surface area contributed by atoms with Crippen molar-refractivity contribution in [2.75, 3.05) is 9.80 Å². The molecule has 0 aliphatic carbocycles. The third-order valence-corrected chi connectivity index (χ3v) is 13.7. The first kappa shape index (κ1) is 48.6. The van der Waals surface area contributed by atoms with Gasteiger partial charge in [0.1, 0.15) is 5.82 Å². The van der Waals surface area contributed by atoms with Gasteiger partial charge in [0.2, 0.25) is 0 Å². The van der Waals surface area contributed by atoms with Crippen LogP contribution < -0.4 is 14.5 Å². The monoisotopic (exact) mass is 1080 g/mol. The van der Waals surface area contributed by atoms with Gasteiger partial charge in [0, 0.05) is 66.5 Å². The molecule has 0 amide bonds. The van der Waals surface area contributed by atoms with Gasteiger partial charge in [-0.3, -0.25) is 0 Å². The number of ether oxygens (including phenoxy) is 1. The van der Waals surface area contributed by atoms with E-state index in [2.05, 4.69) is 269 Å². The molecule has 5 nitrogen and oxygen atoms in total. The summed E-state index contributed by atoms with van der Waals surface area (Å²) in [6.45, 7) is 31.7. The van der Waals surface area contributed by atoms with Crippen LogP contribution in [0, 0.1) is 24.2 Å². The number of benzene rings is 6. The van der Waals surface area contributed by atoms with Crippen LogP contribution in [0.5, 0.6) is 11.5 Å². The van der Waals surface area contributed by atoms with E-state index < -0.39 is 5.41 Å². The molecule has 0 fully saturated rings. The summed E-state index contributed by atoms with van der Waals surface area (Å²) in [6, 6.07) is 57.7. The van der Waals surface area contributed by atoms with E-state index in [-0.39, 0.29) is 42.7 Å². The van der Waals surface area contributed by atoms with Crippen LogP contribution in [0.4, 0.5) is 11.4 Å². The van der Waals surface area contributed by atoms with Crippen molar-refractivity contribution in [1.82, 2.24) is 9.55 Å². The number of para-hydroxylation sites is 1. The fourth-order valence-electron chi connectivity index (χ4n) is 9.43. The average molecular weight is 1080 g/mol. The molecule has 0 saturated heterocycles. The molecule has 6 aromatic carbocycles. The average Bonchev–Trinajstić information content (AvgIpc) is 3.90. The molecular formula is C62H65N4OPt-3. The fraction of sp³-hybridized carbons (Fsp3) is 0.290. The predicted octanol–water partition coefficient (Wildman–Crippen LogP) is 16.1. The maximum atomic E-state index is 7.18. The zero-order valence-electron chi connectivity index (χ0n) is 42.0. The van der Waals surface area contributed by atoms with Crippen molar-refractivity contribution in [3.63, 3.8) is 0 Å². The zero-order chi connectivity index (χ0) is 47.7. The molecule has 0 bridgehead atoms. The summed E-state index contributed by atoms with van der Waals surface area (Å²) >= 11 is 0. The Morgan fingerprint density at radius 2 is 1.13 bits per heavy atom. The first-order chi connectivity index (χ1) is 31.6. The number of fused-ring (bicyclic) bond motifs is 3. The van der Waals surface area contributed by atoms with E-state index in [1.54, 1.807) is 0 Å². The summed E-state index contributed by atoms with van der Waals surface area (Å²) in [5, 5.41) is 2.27. The molecule has 0 saturated carbocycles. The second-order valence-electron chi connectivity index (χ2n) is 22.4. The summed E-state index contributed by atoms with van der Waals surface area (Å²) in [6.07, 6.45) is 4.21. The van der Waals surface area contributed by atoms with Crippen LogP contribution >= 0.6 is 0 Å². The number of hydrogen-bond acceptors (Lipinski definition) is 4. The number of allylic oxidation sites excluding steroid dienone is 1. The minimum Gasteiger partial charge on any atom is -0.509 e. The summed E-state index contributed by atoms with van der Waals surface area (Å²) in [5.74, 6) is 2.07. The van der Waals surface area contributed by atoms with Crippen LogP contribution in [0.1, 0.15) is 123 Å². The quantitative estimate of drug-likeness (QED) is 0.135. The molecule has 3 heterocycles. The van der Waals surface area contributed by atoms with Gasteiger partial charge >= 0.3 is 0 Å². The zero-order valence-corrected chi connectivity index (χ0v) is 44.3. The van der Waals surface area contributed by atoms with E-state index in [9.17, 15) is 0 Å². The molecule has 9 rings (SSSR count). The predicted molar refractivity (Wildman–Crippen MR) is 281 cm³/mol. The molecule has 0 atom stereocenters. The van der Waals surface area contributed by atoms with Crippen LogP contribution in [-0.2, 0) is 42.7 Å². The third-order valence-electron chi connectivity index (χ3n) is 13.7. The van der Waals surface area contributed by atoms with Gasteiger partial charge in [0.15, 0.2) is 0 Å². The van der Waals surface area contributed by atoms with Crippen molar-refractivity contribution in [2.45, 2.75) is 112 Å². The van der Waals surface area contributed by atoms with Gasteiger partial charge in [0.05, 0.1) is 0 Å². The summed E-state index contributed by atoms with van der Waals surface area (Å²) in [7, 11) is 0. The van der Waals surface area contributed by atoms with E-state index in [1.165, 1.54) is 22.3 Å². The number of pyridine rings is 1. The second-order valence-corrected chi connectivity index (χ2v) is 22.4. The van der Waals surface area contributed by atoms with E-state index in [4.69, 9.17) is 9.72 Å². The minimum atomic E-state index is -0.418. The van der Waals surface area contributed by atoms with Crippen molar-refractivity contribution in [3.8, 4) is 17.3 Å².